The van der Waals surface area contributed by atoms with Crippen LogP contribution in [-0.2, 0) is 7.05 Å². The van der Waals surface area contributed by atoms with E-state index < -0.39 is 4.92 Å². The molecule has 6 heteroatoms. The van der Waals surface area contributed by atoms with E-state index in [0.717, 1.165) is 5.52 Å². The molecule has 1 N–H and O–H groups in total. The van der Waals surface area contributed by atoms with Crippen LogP contribution >= 0.6 is 12.2 Å². The summed E-state index contributed by atoms with van der Waals surface area (Å²) in [4.78, 5) is 13.0. The molecule has 0 saturated carbocycles. The lowest BCUT2D eigenvalue weighted by Crippen LogP contribution is -1.88. The lowest BCUT2D eigenvalue weighted by atomic mass is 10.3. The Morgan fingerprint density at radius 3 is 2.93 bits per heavy atom. The maximum absolute atomic E-state index is 10.5. The van der Waals surface area contributed by atoms with E-state index in [0.29, 0.717) is 10.3 Å². The van der Waals surface area contributed by atoms with Crippen LogP contribution in [0.25, 0.3) is 11.0 Å². The molecule has 5 nitrogen and oxygen atoms in total. The molecule has 0 bridgehead atoms. The van der Waals surface area contributed by atoms with E-state index in [4.69, 9.17) is 12.2 Å². The molecule has 0 fully saturated rings. The first-order chi connectivity index (χ1) is 6.59. The van der Waals surface area contributed by atoms with Gasteiger partial charge < -0.3 is 9.55 Å². The SMILES string of the molecule is Cn1c(=S)[nH]c2cc([N+](=O)[O-])ccc21. The summed E-state index contributed by atoms with van der Waals surface area (Å²) in [5, 5.41) is 10.5. The van der Waals surface area contributed by atoms with Gasteiger partial charge in [-0.1, -0.05) is 0 Å². The predicted octanol–water partition coefficient (Wildman–Crippen LogP) is 2.14. The van der Waals surface area contributed by atoms with E-state index in [2.05, 4.69) is 4.98 Å². The number of nitrogens with one attached hydrogen (secondary N) is 1. The third-order valence-electron chi connectivity index (χ3n) is 2.10. The number of nitro groups is 1. The minimum absolute atomic E-state index is 0.0642. The van der Waals surface area contributed by atoms with E-state index in [9.17, 15) is 10.1 Å². The number of aromatic amines is 1. The second-order valence-corrected chi connectivity index (χ2v) is 3.33. The number of benzene rings is 1. The highest BCUT2D eigenvalue weighted by molar-refractivity contribution is 7.71. The van der Waals surface area contributed by atoms with Gasteiger partial charge >= 0.3 is 0 Å². The summed E-state index contributed by atoms with van der Waals surface area (Å²) >= 11 is 5.00. The van der Waals surface area contributed by atoms with Gasteiger partial charge in [-0.15, -0.1) is 0 Å². The van der Waals surface area contributed by atoms with Crippen molar-refractivity contribution < 1.29 is 4.92 Å². The molecule has 0 aliphatic carbocycles. The summed E-state index contributed by atoms with van der Waals surface area (Å²) in [7, 11) is 1.81. The van der Waals surface area contributed by atoms with Gasteiger partial charge in [0.1, 0.15) is 0 Å². The van der Waals surface area contributed by atoms with Crippen LogP contribution in [0.4, 0.5) is 5.69 Å². The second-order valence-electron chi connectivity index (χ2n) is 2.95. The van der Waals surface area contributed by atoms with Crippen LogP contribution in [0.5, 0.6) is 0 Å². The van der Waals surface area contributed by atoms with Crippen molar-refractivity contribution in [1.29, 1.82) is 0 Å². The average molecular weight is 209 g/mol. The van der Waals surface area contributed by atoms with Crippen molar-refractivity contribution in [1.82, 2.24) is 9.55 Å². The fourth-order valence-corrected chi connectivity index (χ4v) is 1.55. The van der Waals surface area contributed by atoms with Crippen LogP contribution in [0.15, 0.2) is 18.2 Å². The van der Waals surface area contributed by atoms with Crippen LogP contribution in [0.2, 0.25) is 0 Å². The first kappa shape index (κ1) is 8.89. The Bertz CT molecular complexity index is 569. The molecule has 0 unspecified atom stereocenters. The molecule has 2 rings (SSSR count). The normalized spacial score (nSPS) is 10.6. The zero-order chi connectivity index (χ0) is 10.3. The largest absolute Gasteiger partial charge is 0.330 e. The van der Waals surface area contributed by atoms with Gasteiger partial charge in [0.15, 0.2) is 4.77 Å². The van der Waals surface area contributed by atoms with Crippen LogP contribution < -0.4 is 0 Å². The quantitative estimate of drug-likeness (QED) is 0.444. The Morgan fingerprint density at radius 1 is 1.57 bits per heavy atom. The Kier molecular flexibility index (Phi) is 1.85. The van der Waals surface area contributed by atoms with Gasteiger partial charge in [-0.25, -0.2) is 0 Å². The number of fused-ring (bicyclic) bond motifs is 1. The summed E-state index contributed by atoms with van der Waals surface area (Å²) < 4.78 is 2.33. The Hall–Kier alpha value is -1.69. The lowest BCUT2D eigenvalue weighted by Gasteiger charge is -1.93. The van der Waals surface area contributed by atoms with Crippen molar-refractivity contribution in [2.75, 3.05) is 0 Å². The molecule has 0 spiro atoms. The number of hydrogen-bond acceptors (Lipinski definition) is 3. The van der Waals surface area contributed by atoms with Crippen molar-refractivity contribution in [3.63, 3.8) is 0 Å². The number of rotatable bonds is 1. The summed E-state index contributed by atoms with van der Waals surface area (Å²) in [6.45, 7) is 0. The van der Waals surface area contributed by atoms with E-state index in [1.54, 1.807) is 10.6 Å². The molecule has 0 aliphatic rings. The van der Waals surface area contributed by atoms with Gasteiger partial charge in [0.05, 0.1) is 16.0 Å². The highest BCUT2D eigenvalue weighted by Gasteiger charge is 2.08. The summed E-state index contributed by atoms with van der Waals surface area (Å²) in [6.07, 6.45) is 0. The number of aryl methyl sites for hydroxylation is 1. The van der Waals surface area contributed by atoms with Crippen LogP contribution in [0, 0.1) is 14.9 Å². The van der Waals surface area contributed by atoms with Gasteiger partial charge in [-0.2, -0.15) is 0 Å². The fourth-order valence-electron chi connectivity index (χ4n) is 1.34. The molecular weight excluding hydrogens is 202 g/mol. The number of H-pyrrole nitrogens is 1. The molecule has 1 aromatic heterocycles. The highest BCUT2D eigenvalue weighted by atomic mass is 32.1. The number of nitro benzene ring substituents is 1. The average Bonchev–Trinajstić information content (AvgIpc) is 2.42. The second kappa shape index (κ2) is 2.91. The highest BCUT2D eigenvalue weighted by Crippen LogP contribution is 2.19. The molecule has 1 heterocycles. The fraction of sp³-hybridized carbons (Fsp3) is 0.125. The number of aromatic nitrogens is 2. The minimum atomic E-state index is -0.427. The van der Waals surface area contributed by atoms with Crippen LogP contribution in [0.3, 0.4) is 0 Å². The molecule has 2 aromatic rings. The molecule has 14 heavy (non-hydrogen) atoms. The standard InChI is InChI=1S/C8H7N3O2S/c1-10-7-3-2-5(11(12)13)4-6(7)9-8(10)14/h2-4H,1H3,(H,9,14). The lowest BCUT2D eigenvalue weighted by molar-refractivity contribution is -0.384. The topological polar surface area (TPSA) is 63.9 Å². The molecular formula is C8H7N3O2S. The van der Waals surface area contributed by atoms with E-state index in [1.165, 1.54) is 12.1 Å². The molecule has 72 valence electrons. The molecule has 0 saturated heterocycles. The Balaban J connectivity index is 2.80. The Morgan fingerprint density at radius 2 is 2.29 bits per heavy atom. The van der Waals surface area contributed by atoms with Crippen molar-refractivity contribution >= 4 is 28.9 Å². The molecule has 1 aromatic carbocycles. The van der Waals surface area contributed by atoms with Gasteiger partial charge in [-0.3, -0.25) is 10.1 Å². The van der Waals surface area contributed by atoms with Crippen molar-refractivity contribution in [2.24, 2.45) is 7.05 Å². The maximum atomic E-state index is 10.5. The minimum Gasteiger partial charge on any atom is -0.330 e. The third-order valence-corrected chi connectivity index (χ3v) is 2.47. The maximum Gasteiger partial charge on any atom is 0.271 e. The summed E-state index contributed by atoms with van der Waals surface area (Å²) in [6, 6.07) is 4.62. The first-order valence-electron chi connectivity index (χ1n) is 3.93. The smallest absolute Gasteiger partial charge is 0.271 e. The van der Waals surface area contributed by atoms with E-state index in [-0.39, 0.29) is 5.69 Å². The zero-order valence-electron chi connectivity index (χ0n) is 7.35. The van der Waals surface area contributed by atoms with Crippen molar-refractivity contribution in [3.8, 4) is 0 Å². The first-order valence-corrected chi connectivity index (χ1v) is 4.33. The molecule has 0 aliphatic heterocycles. The predicted molar refractivity (Wildman–Crippen MR) is 54.8 cm³/mol. The Labute approximate surface area is 84.1 Å². The monoisotopic (exact) mass is 209 g/mol. The molecule has 0 atom stereocenters. The van der Waals surface area contributed by atoms with Crippen LogP contribution in [-0.4, -0.2) is 14.5 Å². The number of nitrogens with zero attached hydrogens (tertiary/aromatic N) is 2. The number of hydrogen-bond donors (Lipinski definition) is 1. The summed E-state index contributed by atoms with van der Waals surface area (Å²) in [5.74, 6) is 0. The van der Waals surface area contributed by atoms with Gasteiger partial charge in [0, 0.05) is 19.2 Å². The number of imidazole rings is 1. The number of non-ortho nitro benzene ring substituents is 1. The van der Waals surface area contributed by atoms with Gasteiger partial charge in [0.2, 0.25) is 0 Å². The summed E-state index contributed by atoms with van der Waals surface area (Å²) in [5.41, 5.74) is 1.61. The molecule has 0 radical (unpaired) electrons. The van der Waals surface area contributed by atoms with Gasteiger partial charge in [-0.05, 0) is 18.3 Å². The van der Waals surface area contributed by atoms with E-state index in [1.807, 2.05) is 7.05 Å². The van der Waals surface area contributed by atoms with Crippen molar-refractivity contribution in [3.05, 3.63) is 33.1 Å². The van der Waals surface area contributed by atoms with Crippen molar-refractivity contribution in [2.45, 2.75) is 0 Å². The van der Waals surface area contributed by atoms with Gasteiger partial charge in [0.25, 0.3) is 5.69 Å². The van der Waals surface area contributed by atoms with E-state index >= 15 is 0 Å². The third kappa shape index (κ3) is 1.20. The van der Waals surface area contributed by atoms with Crippen LogP contribution in [0.1, 0.15) is 0 Å². The molecule has 0 amide bonds. The zero-order valence-corrected chi connectivity index (χ0v) is 8.17.